The van der Waals surface area contributed by atoms with E-state index >= 15 is 0 Å². The smallest absolute Gasteiger partial charge is 0.395 e. The van der Waals surface area contributed by atoms with Gasteiger partial charge in [0.15, 0.2) is 5.76 Å². The zero-order valence-corrected chi connectivity index (χ0v) is 12.3. The second-order valence-corrected chi connectivity index (χ2v) is 5.09. The molecule has 0 aliphatic carbocycles. The minimum Gasteiger partial charge on any atom is -0.395 e. The number of hydrogen-bond donors (Lipinski definition) is 2. The second-order valence-electron chi connectivity index (χ2n) is 4.65. The summed E-state index contributed by atoms with van der Waals surface area (Å²) in [5.74, 6) is -1.36. The molecule has 0 fully saturated rings. The maximum atomic E-state index is 11.9. The third-order valence-electron chi connectivity index (χ3n) is 3.04. The lowest BCUT2D eigenvalue weighted by Gasteiger charge is -2.20. The van der Waals surface area contributed by atoms with Gasteiger partial charge < -0.3 is 14.8 Å². The van der Waals surface area contributed by atoms with Gasteiger partial charge in [-0.15, -0.1) is 0 Å². The van der Waals surface area contributed by atoms with E-state index in [9.17, 15) is 20.0 Å². The summed E-state index contributed by atoms with van der Waals surface area (Å²) in [6, 6.07) is 8.22. The highest BCUT2D eigenvalue weighted by molar-refractivity contribution is 6.30. The minimum atomic E-state index is -0.953. The number of furan rings is 1. The summed E-state index contributed by atoms with van der Waals surface area (Å²) in [5, 5.41) is 23.7. The SMILES string of the molecule is CC(NC(=O)c1ccc([N+](=O)[O-])o1)C(O)c1ccc(Cl)cc1. The van der Waals surface area contributed by atoms with Crippen LogP contribution in [0, 0.1) is 10.1 Å². The van der Waals surface area contributed by atoms with Crippen LogP contribution in [0.1, 0.15) is 29.1 Å². The molecule has 0 radical (unpaired) electrons. The van der Waals surface area contributed by atoms with Gasteiger partial charge in [-0.3, -0.25) is 14.9 Å². The first-order chi connectivity index (χ1) is 10.4. The Kier molecular flexibility index (Phi) is 4.79. The van der Waals surface area contributed by atoms with Crippen LogP contribution in [0.3, 0.4) is 0 Å². The molecule has 2 N–H and O–H groups in total. The first-order valence-corrected chi connectivity index (χ1v) is 6.75. The van der Waals surface area contributed by atoms with Crippen molar-refractivity contribution in [1.82, 2.24) is 5.32 Å². The number of carbonyl (C=O) groups excluding carboxylic acids is 1. The molecule has 0 saturated carbocycles. The number of rotatable bonds is 5. The van der Waals surface area contributed by atoms with Gasteiger partial charge in [0, 0.05) is 5.02 Å². The van der Waals surface area contributed by atoms with Crippen LogP contribution in [0.25, 0.3) is 0 Å². The fourth-order valence-electron chi connectivity index (χ4n) is 1.85. The van der Waals surface area contributed by atoms with E-state index in [0.29, 0.717) is 10.6 Å². The first-order valence-electron chi connectivity index (χ1n) is 6.37. The lowest BCUT2D eigenvalue weighted by atomic mass is 10.0. The molecule has 0 aliphatic heterocycles. The molecule has 22 heavy (non-hydrogen) atoms. The van der Waals surface area contributed by atoms with E-state index in [2.05, 4.69) is 5.32 Å². The highest BCUT2D eigenvalue weighted by atomic mass is 35.5. The largest absolute Gasteiger partial charge is 0.433 e. The summed E-state index contributed by atoms with van der Waals surface area (Å²) in [6.07, 6.45) is -0.953. The van der Waals surface area contributed by atoms with Gasteiger partial charge in [-0.2, -0.15) is 0 Å². The van der Waals surface area contributed by atoms with Crippen molar-refractivity contribution in [1.29, 1.82) is 0 Å². The summed E-state index contributed by atoms with van der Waals surface area (Å²) in [6.45, 7) is 1.61. The van der Waals surface area contributed by atoms with Crippen LogP contribution >= 0.6 is 11.6 Å². The van der Waals surface area contributed by atoms with Gasteiger partial charge in [0.05, 0.1) is 18.2 Å². The predicted octanol–water partition coefficient (Wildman–Crippen LogP) is 2.69. The summed E-state index contributed by atoms with van der Waals surface area (Å²) < 4.78 is 4.80. The maximum Gasteiger partial charge on any atom is 0.433 e. The van der Waals surface area contributed by atoms with Crippen molar-refractivity contribution in [2.24, 2.45) is 0 Å². The van der Waals surface area contributed by atoms with E-state index in [1.54, 1.807) is 31.2 Å². The Balaban J connectivity index is 2.03. The van der Waals surface area contributed by atoms with Crippen LogP contribution in [0.2, 0.25) is 5.02 Å². The van der Waals surface area contributed by atoms with Gasteiger partial charge >= 0.3 is 5.88 Å². The quantitative estimate of drug-likeness (QED) is 0.649. The number of amides is 1. The van der Waals surface area contributed by atoms with Gasteiger partial charge in [0.1, 0.15) is 4.92 Å². The van der Waals surface area contributed by atoms with E-state index in [-0.39, 0.29) is 5.76 Å². The Morgan fingerprint density at radius 3 is 2.50 bits per heavy atom. The topological polar surface area (TPSA) is 106 Å². The number of benzene rings is 1. The minimum absolute atomic E-state index is 0.193. The molecule has 0 bridgehead atoms. The number of nitro groups is 1. The van der Waals surface area contributed by atoms with Crippen molar-refractivity contribution in [2.45, 2.75) is 19.1 Å². The van der Waals surface area contributed by atoms with E-state index in [0.717, 1.165) is 6.07 Å². The first kappa shape index (κ1) is 16.0. The van der Waals surface area contributed by atoms with Crippen LogP contribution in [0.4, 0.5) is 5.88 Å². The normalized spacial score (nSPS) is 13.4. The average molecular weight is 325 g/mol. The third kappa shape index (κ3) is 3.63. The molecule has 2 aromatic rings. The summed E-state index contributed by atoms with van der Waals surface area (Å²) in [4.78, 5) is 21.7. The van der Waals surface area contributed by atoms with Crippen molar-refractivity contribution in [3.63, 3.8) is 0 Å². The third-order valence-corrected chi connectivity index (χ3v) is 3.29. The van der Waals surface area contributed by atoms with Gasteiger partial charge in [-0.1, -0.05) is 23.7 Å². The molecule has 1 aromatic carbocycles. The molecule has 0 spiro atoms. The monoisotopic (exact) mass is 324 g/mol. The number of hydrogen-bond acceptors (Lipinski definition) is 5. The van der Waals surface area contributed by atoms with Crippen LogP contribution in [-0.4, -0.2) is 22.0 Å². The van der Waals surface area contributed by atoms with Gasteiger partial charge in [0.2, 0.25) is 0 Å². The summed E-state index contributed by atoms with van der Waals surface area (Å²) in [5.41, 5.74) is 0.586. The Labute approximate surface area is 130 Å². The molecule has 1 amide bonds. The molecular weight excluding hydrogens is 312 g/mol. The lowest BCUT2D eigenvalue weighted by Crippen LogP contribution is -2.36. The molecule has 0 saturated heterocycles. The van der Waals surface area contributed by atoms with Crippen LogP contribution < -0.4 is 5.32 Å². The van der Waals surface area contributed by atoms with Crippen LogP contribution in [-0.2, 0) is 0 Å². The Hall–Kier alpha value is -2.38. The molecule has 2 unspecified atom stereocenters. The van der Waals surface area contributed by atoms with E-state index in [1.807, 2.05) is 0 Å². The van der Waals surface area contributed by atoms with Crippen molar-refractivity contribution >= 4 is 23.4 Å². The number of halogens is 1. The van der Waals surface area contributed by atoms with E-state index in [1.165, 1.54) is 6.07 Å². The Morgan fingerprint density at radius 1 is 1.32 bits per heavy atom. The molecule has 7 nitrogen and oxygen atoms in total. The van der Waals surface area contributed by atoms with Gasteiger partial charge in [0.25, 0.3) is 5.91 Å². The van der Waals surface area contributed by atoms with Crippen molar-refractivity contribution in [3.05, 3.63) is 62.9 Å². The molecule has 1 aromatic heterocycles. The van der Waals surface area contributed by atoms with Gasteiger partial charge in [-0.05, 0) is 30.7 Å². The maximum absolute atomic E-state index is 11.9. The molecular formula is C14H13ClN2O5. The number of nitrogens with zero attached hydrogens (tertiary/aromatic N) is 1. The molecule has 1 heterocycles. The number of aliphatic hydroxyl groups excluding tert-OH is 1. The van der Waals surface area contributed by atoms with Crippen LogP contribution in [0.15, 0.2) is 40.8 Å². The molecule has 116 valence electrons. The van der Waals surface area contributed by atoms with Gasteiger partial charge in [-0.25, -0.2) is 0 Å². The van der Waals surface area contributed by atoms with Crippen molar-refractivity contribution in [3.8, 4) is 0 Å². The van der Waals surface area contributed by atoms with Crippen molar-refractivity contribution in [2.75, 3.05) is 0 Å². The van der Waals surface area contributed by atoms with Crippen molar-refractivity contribution < 1.29 is 19.2 Å². The lowest BCUT2D eigenvalue weighted by molar-refractivity contribution is -0.402. The molecule has 2 rings (SSSR count). The van der Waals surface area contributed by atoms with E-state index < -0.39 is 28.9 Å². The standard InChI is InChI=1S/C14H13ClN2O5/c1-8(13(18)9-2-4-10(15)5-3-9)16-14(19)11-6-7-12(22-11)17(20)21/h2-8,13,18H,1H3,(H,16,19). The van der Waals surface area contributed by atoms with E-state index in [4.69, 9.17) is 16.0 Å². The highest BCUT2D eigenvalue weighted by Gasteiger charge is 2.22. The number of carbonyl (C=O) groups is 1. The average Bonchev–Trinajstić information content (AvgIpc) is 2.97. The predicted molar refractivity (Wildman–Crippen MR) is 78.7 cm³/mol. The number of nitrogens with one attached hydrogen (secondary N) is 1. The molecule has 2 atom stereocenters. The second kappa shape index (κ2) is 6.59. The number of aliphatic hydroxyl groups is 1. The Bertz CT molecular complexity index is 683. The summed E-state index contributed by atoms with van der Waals surface area (Å²) >= 11 is 5.77. The zero-order valence-electron chi connectivity index (χ0n) is 11.5. The zero-order chi connectivity index (χ0) is 16.3. The molecule has 0 aliphatic rings. The highest BCUT2D eigenvalue weighted by Crippen LogP contribution is 2.20. The molecule has 8 heteroatoms. The Morgan fingerprint density at radius 2 is 1.95 bits per heavy atom. The fourth-order valence-corrected chi connectivity index (χ4v) is 1.98. The summed E-state index contributed by atoms with van der Waals surface area (Å²) in [7, 11) is 0. The van der Waals surface area contributed by atoms with Crippen LogP contribution in [0.5, 0.6) is 0 Å². The fraction of sp³-hybridized carbons (Fsp3) is 0.214.